The lowest BCUT2D eigenvalue weighted by atomic mass is 10.0. The Hall–Kier alpha value is -2.96. The Morgan fingerprint density at radius 3 is 2.08 bits per heavy atom. The lowest BCUT2D eigenvalue weighted by Crippen LogP contribution is -1.96. The SMILES string of the molecule is OCCCC#Cc1cnc(-c2ccccc2)c(-c2ccccc2)n1. The van der Waals surface area contributed by atoms with Gasteiger partial charge in [0, 0.05) is 24.2 Å². The summed E-state index contributed by atoms with van der Waals surface area (Å²) in [6.07, 6.45) is 3.04. The molecule has 0 amide bonds. The van der Waals surface area contributed by atoms with Crippen molar-refractivity contribution in [2.75, 3.05) is 6.61 Å². The van der Waals surface area contributed by atoms with E-state index in [1.807, 2.05) is 60.7 Å². The number of rotatable bonds is 4. The summed E-state index contributed by atoms with van der Waals surface area (Å²) in [5.74, 6) is 6.06. The molecule has 0 atom stereocenters. The number of hydrogen-bond acceptors (Lipinski definition) is 3. The first-order chi connectivity index (χ1) is 11.9. The van der Waals surface area contributed by atoms with Crippen molar-refractivity contribution in [1.29, 1.82) is 0 Å². The van der Waals surface area contributed by atoms with Crippen LogP contribution in [-0.4, -0.2) is 21.7 Å². The largest absolute Gasteiger partial charge is 0.396 e. The van der Waals surface area contributed by atoms with E-state index in [-0.39, 0.29) is 6.61 Å². The van der Waals surface area contributed by atoms with Gasteiger partial charge in [-0.1, -0.05) is 66.6 Å². The summed E-state index contributed by atoms with van der Waals surface area (Å²) in [6, 6.07) is 20.1. The first kappa shape index (κ1) is 15.9. The van der Waals surface area contributed by atoms with Crippen LogP contribution in [0.15, 0.2) is 66.9 Å². The second-order valence-electron chi connectivity index (χ2n) is 5.31. The first-order valence-corrected chi connectivity index (χ1v) is 7.96. The van der Waals surface area contributed by atoms with Gasteiger partial charge in [0.2, 0.25) is 0 Å². The van der Waals surface area contributed by atoms with E-state index in [9.17, 15) is 0 Å². The van der Waals surface area contributed by atoms with Crippen LogP contribution >= 0.6 is 0 Å². The maximum atomic E-state index is 8.82. The van der Waals surface area contributed by atoms with Gasteiger partial charge in [0.25, 0.3) is 0 Å². The summed E-state index contributed by atoms with van der Waals surface area (Å²) in [5, 5.41) is 8.82. The Morgan fingerprint density at radius 2 is 1.46 bits per heavy atom. The molecule has 0 aliphatic heterocycles. The first-order valence-electron chi connectivity index (χ1n) is 7.96. The monoisotopic (exact) mass is 314 g/mol. The highest BCUT2D eigenvalue weighted by Gasteiger charge is 2.11. The molecule has 0 saturated carbocycles. The highest BCUT2D eigenvalue weighted by atomic mass is 16.2. The zero-order valence-corrected chi connectivity index (χ0v) is 13.3. The van der Waals surface area contributed by atoms with Crippen molar-refractivity contribution in [3.63, 3.8) is 0 Å². The minimum absolute atomic E-state index is 0.155. The molecule has 0 aliphatic rings. The third kappa shape index (κ3) is 3.87. The Labute approximate surface area is 142 Å². The highest BCUT2D eigenvalue weighted by molar-refractivity contribution is 5.77. The third-order valence-corrected chi connectivity index (χ3v) is 3.54. The van der Waals surface area contributed by atoms with Gasteiger partial charge in [0.1, 0.15) is 5.69 Å². The maximum absolute atomic E-state index is 8.82. The van der Waals surface area contributed by atoms with Crippen molar-refractivity contribution in [3.8, 4) is 34.4 Å². The van der Waals surface area contributed by atoms with E-state index in [0.29, 0.717) is 18.5 Å². The molecular formula is C21H18N2O. The predicted octanol–water partition coefficient (Wildman–Crippen LogP) is 3.93. The summed E-state index contributed by atoms with van der Waals surface area (Å²) < 4.78 is 0. The van der Waals surface area contributed by atoms with E-state index >= 15 is 0 Å². The Balaban J connectivity index is 2.04. The van der Waals surface area contributed by atoms with Crippen molar-refractivity contribution in [1.82, 2.24) is 9.97 Å². The smallest absolute Gasteiger partial charge is 0.132 e. The van der Waals surface area contributed by atoms with Crippen LogP contribution in [0, 0.1) is 11.8 Å². The van der Waals surface area contributed by atoms with Gasteiger partial charge in [-0.15, -0.1) is 0 Å². The average molecular weight is 314 g/mol. The zero-order chi connectivity index (χ0) is 16.6. The summed E-state index contributed by atoms with van der Waals surface area (Å²) in [5.41, 5.74) is 4.37. The molecule has 3 rings (SSSR count). The minimum atomic E-state index is 0.155. The van der Waals surface area contributed by atoms with E-state index < -0.39 is 0 Å². The number of hydrogen-bond donors (Lipinski definition) is 1. The van der Waals surface area contributed by atoms with Crippen LogP contribution in [0.25, 0.3) is 22.5 Å². The lowest BCUT2D eigenvalue weighted by Gasteiger charge is -2.08. The lowest BCUT2D eigenvalue weighted by molar-refractivity contribution is 0.290. The molecule has 118 valence electrons. The number of aliphatic hydroxyl groups excluding tert-OH is 1. The van der Waals surface area contributed by atoms with Crippen LogP contribution in [0.2, 0.25) is 0 Å². The standard InChI is InChI=1S/C21H18N2O/c24-15-9-3-8-14-19-16-22-20(17-10-4-1-5-11-17)21(23-19)18-12-6-2-7-13-18/h1-2,4-7,10-13,16,24H,3,9,15H2. The van der Waals surface area contributed by atoms with Crippen LogP contribution in [0.5, 0.6) is 0 Å². The van der Waals surface area contributed by atoms with E-state index in [1.165, 1.54) is 0 Å². The molecule has 0 fully saturated rings. The normalized spacial score (nSPS) is 10.0. The zero-order valence-electron chi connectivity index (χ0n) is 13.3. The van der Waals surface area contributed by atoms with Crippen molar-refractivity contribution in [3.05, 3.63) is 72.6 Å². The van der Waals surface area contributed by atoms with Crippen LogP contribution in [0.3, 0.4) is 0 Å². The minimum Gasteiger partial charge on any atom is -0.396 e. The van der Waals surface area contributed by atoms with E-state index in [0.717, 1.165) is 22.5 Å². The van der Waals surface area contributed by atoms with Crippen LogP contribution in [0.1, 0.15) is 18.5 Å². The molecule has 2 aromatic carbocycles. The molecule has 0 spiro atoms. The second-order valence-corrected chi connectivity index (χ2v) is 5.31. The van der Waals surface area contributed by atoms with Gasteiger partial charge in [-0.25, -0.2) is 4.98 Å². The van der Waals surface area contributed by atoms with Crippen LogP contribution < -0.4 is 0 Å². The quantitative estimate of drug-likeness (QED) is 0.586. The van der Waals surface area contributed by atoms with Gasteiger partial charge in [0.15, 0.2) is 0 Å². The molecule has 3 heteroatoms. The van der Waals surface area contributed by atoms with Crippen molar-refractivity contribution in [2.24, 2.45) is 0 Å². The summed E-state index contributed by atoms with van der Waals surface area (Å²) in [6.45, 7) is 0.155. The fourth-order valence-corrected chi connectivity index (χ4v) is 2.37. The molecule has 1 N–H and O–H groups in total. The van der Waals surface area contributed by atoms with Gasteiger partial charge in [0.05, 0.1) is 17.6 Å². The molecule has 0 radical (unpaired) electrons. The Bertz CT molecular complexity index is 849. The number of nitrogens with zero attached hydrogens (tertiary/aromatic N) is 2. The molecule has 1 aromatic heterocycles. The molecular weight excluding hydrogens is 296 g/mol. The van der Waals surface area contributed by atoms with Gasteiger partial charge in [-0.05, 0) is 12.3 Å². The Kier molecular flexibility index (Phi) is 5.34. The number of aromatic nitrogens is 2. The van der Waals surface area contributed by atoms with Gasteiger partial charge in [-0.2, -0.15) is 0 Å². The molecule has 0 bridgehead atoms. The highest BCUT2D eigenvalue weighted by Crippen LogP contribution is 2.28. The molecule has 0 saturated heterocycles. The van der Waals surface area contributed by atoms with Gasteiger partial charge >= 0.3 is 0 Å². The fraction of sp³-hybridized carbons (Fsp3) is 0.143. The van der Waals surface area contributed by atoms with Crippen molar-refractivity contribution < 1.29 is 5.11 Å². The number of benzene rings is 2. The predicted molar refractivity (Wildman–Crippen MR) is 96.1 cm³/mol. The van der Waals surface area contributed by atoms with Crippen LogP contribution in [0.4, 0.5) is 0 Å². The maximum Gasteiger partial charge on any atom is 0.132 e. The fourth-order valence-electron chi connectivity index (χ4n) is 2.37. The molecule has 24 heavy (non-hydrogen) atoms. The summed E-state index contributed by atoms with van der Waals surface area (Å²) in [7, 11) is 0. The molecule has 0 aliphatic carbocycles. The van der Waals surface area contributed by atoms with E-state index in [1.54, 1.807) is 6.20 Å². The molecule has 3 nitrogen and oxygen atoms in total. The van der Waals surface area contributed by atoms with Crippen LogP contribution in [-0.2, 0) is 0 Å². The molecule has 0 unspecified atom stereocenters. The number of aliphatic hydroxyl groups is 1. The Morgan fingerprint density at radius 1 is 0.833 bits per heavy atom. The topological polar surface area (TPSA) is 46.0 Å². The van der Waals surface area contributed by atoms with Gasteiger partial charge < -0.3 is 5.11 Å². The average Bonchev–Trinajstić information content (AvgIpc) is 2.66. The van der Waals surface area contributed by atoms with Crippen molar-refractivity contribution >= 4 is 0 Å². The molecule has 1 heterocycles. The summed E-state index contributed by atoms with van der Waals surface area (Å²) >= 11 is 0. The van der Waals surface area contributed by atoms with E-state index in [2.05, 4.69) is 16.8 Å². The third-order valence-electron chi connectivity index (χ3n) is 3.54. The second kappa shape index (κ2) is 8.05. The summed E-state index contributed by atoms with van der Waals surface area (Å²) in [4.78, 5) is 9.33. The van der Waals surface area contributed by atoms with E-state index in [4.69, 9.17) is 10.1 Å². The number of unbranched alkanes of at least 4 members (excludes halogenated alkanes) is 1. The van der Waals surface area contributed by atoms with Crippen molar-refractivity contribution in [2.45, 2.75) is 12.8 Å². The molecule has 3 aromatic rings. The van der Waals surface area contributed by atoms with Gasteiger partial charge in [-0.3, -0.25) is 4.98 Å².